The molecule has 5 nitrogen and oxygen atoms in total. The van der Waals surface area contributed by atoms with Crippen LogP contribution in [0.25, 0.3) is 0 Å². The number of fused-ring (bicyclic) bond motifs is 1. The number of hydrogen-bond acceptors (Lipinski definition) is 4. The predicted octanol–water partition coefficient (Wildman–Crippen LogP) is 3.05. The summed E-state index contributed by atoms with van der Waals surface area (Å²) in [5, 5.41) is 1.06. The van der Waals surface area contributed by atoms with Crippen molar-refractivity contribution in [3.05, 3.63) is 28.8 Å². The number of nitrogens with zero attached hydrogens (tertiary/aromatic N) is 2. The molecule has 0 spiro atoms. The van der Waals surface area contributed by atoms with Gasteiger partial charge in [-0.25, -0.2) is 8.42 Å². The third kappa shape index (κ3) is 3.48. The fourth-order valence-electron chi connectivity index (χ4n) is 3.06. The Kier molecular flexibility index (Phi) is 4.95. The van der Waals surface area contributed by atoms with Gasteiger partial charge in [0.2, 0.25) is 5.91 Å². The molecule has 2 heterocycles. The molecule has 0 saturated carbocycles. The highest BCUT2D eigenvalue weighted by Gasteiger charge is 2.49. The summed E-state index contributed by atoms with van der Waals surface area (Å²) >= 11 is 7.53. The third-order valence-electron chi connectivity index (χ3n) is 4.18. The van der Waals surface area contributed by atoms with E-state index in [-0.39, 0.29) is 28.7 Å². The van der Waals surface area contributed by atoms with Crippen LogP contribution in [0.4, 0.5) is 5.69 Å². The lowest BCUT2D eigenvalue weighted by Gasteiger charge is -2.26. The Morgan fingerprint density at radius 2 is 2.17 bits per heavy atom. The monoisotopic (exact) mass is 386 g/mol. The van der Waals surface area contributed by atoms with Gasteiger partial charge in [-0.05, 0) is 31.0 Å². The van der Waals surface area contributed by atoms with Crippen LogP contribution in [-0.2, 0) is 14.6 Å². The fourth-order valence-corrected chi connectivity index (χ4v) is 7.16. The van der Waals surface area contributed by atoms with E-state index < -0.39 is 9.84 Å². The van der Waals surface area contributed by atoms with Crippen LogP contribution in [0, 0.1) is 6.92 Å². The second-order valence-corrected chi connectivity index (χ2v) is 9.94. The number of amidine groups is 1. The van der Waals surface area contributed by atoms with E-state index in [1.807, 2.05) is 30.9 Å². The number of carbonyl (C=O) groups is 1. The summed E-state index contributed by atoms with van der Waals surface area (Å²) in [4.78, 5) is 18.2. The Morgan fingerprint density at radius 1 is 1.42 bits per heavy atom. The van der Waals surface area contributed by atoms with E-state index in [4.69, 9.17) is 11.6 Å². The van der Waals surface area contributed by atoms with Crippen LogP contribution < -0.4 is 4.90 Å². The van der Waals surface area contributed by atoms with Gasteiger partial charge >= 0.3 is 0 Å². The number of anilines is 1. The van der Waals surface area contributed by atoms with Crippen LogP contribution in [0.3, 0.4) is 0 Å². The molecule has 1 aromatic rings. The number of benzene rings is 1. The van der Waals surface area contributed by atoms with Gasteiger partial charge in [0.05, 0.1) is 17.5 Å². The van der Waals surface area contributed by atoms with Gasteiger partial charge in [-0.3, -0.25) is 4.79 Å². The molecule has 1 aromatic carbocycles. The first-order valence-corrected chi connectivity index (χ1v) is 10.9. The smallest absolute Gasteiger partial charge is 0.248 e. The zero-order valence-electron chi connectivity index (χ0n) is 13.5. The van der Waals surface area contributed by atoms with Gasteiger partial charge in [-0.1, -0.05) is 36.4 Å². The standard InChI is InChI=1S/C16H19ClN2O3S2/c1-3-4-15(20)18-16-19(12-7-11(17)6-5-10(12)2)13-8-24(21,22)9-14(13)23-16/h5-7,13-14H,3-4,8-9H2,1-2H3/t13-,14-/m1/s1. The molecular formula is C16H19ClN2O3S2. The van der Waals surface area contributed by atoms with E-state index in [0.717, 1.165) is 17.7 Å². The second kappa shape index (κ2) is 6.69. The first-order valence-electron chi connectivity index (χ1n) is 7.84. The Balaban J connectivity index is 2.04. The van der Waals surface area contributed by atoms with Gasteiger partial charge in [-0.2, -0.15) is 4.99 Å². The molecule has 2 fully saturated rings. The maximum Gasteiger partial charge on any atom is 0.248 e. The van der Waals surface area contributed by atoms with Crippen molar-refractivity contribution in [3.63, 3.8) is 0 Å². The van der Waals surface area contributed by atoms with Crippen LogP contribution in [0.5, 0.6) is 0 Å². The van der Waals surface area contributed by atoms with E-state index in [9.17, 15) is 13.2 Å². The molecule has 8 heteroatoms. The largest absolute Gasteiger partial charge is 0.315 e. The molecule has 0 aliphatic carbocycles. The summed E-state index contributed by atoms with van der Waals surface area (Å²) in [6.07, 6.45) is 1.12. The lowest BCUT2D eigenvalue weighted by Crippen LogP contribution is -2.38. The SMILES string of the molecule is CCCC(=O)N=C1S[C@@H]2CS(=O)(=O)C[C@H]2N1c1cc(Cl)ccc1C. The van der Waals surface area contributed by atoms with Crippen molar-refractivity contribution in [1.82, 2.24) is 0 Å². The Hall–Kier alpha value is -1.05. The van der Waals surface area contributed by atoms with Crippen LogP contribution in [0.2, 0.25) is 5.02 Å². The maximum absolute atomic E-state index is 12.0. The van der Waals surface area contributed by atoms with Gasteiger partial charge in [0.1, 0.15) is 0 Å². The molecule has 2 atom stereocenters. The molecule has 0 bridgehead atoms. The summed E-state index contributed by atoms with van der Waals surface area (Å²) in [6, 6.07) is 5.30. The number of carbonyl (C=O) groups excluding carboxylic acids is 1. The zero-order valence-corrected chi connectivity index (χ0v) is 15.9. The van der Waals surface area contributed by atoms with Crippen LogP contribution in [0.15, 0.2) is 23.2 Å². The van der Waals surface area contributed by atoms with Crippen molar-refractivity contribution in [2.24, 2.45) is 4.99 Å². The van der Waals surface area contributed by atoms with E-state index in [2.05, 4.69) is 4.99 Å². The van der Waals surface area contributed by atoms with Gasteiger partial charge < -0.3 is 4.90 Å². The van der Waals surface area contributed by atoms with Gasteiger partial charge in [0, 0.05) is 22.4 Å². The average molecular weight is 387 g/mol. The highest BCUT2D eigenvalue weighted by molar-refractivity contribution is 8.16. The summed E-state index contributed by atoms with van der Waals surface area (Å²) in [6.45, 7) is 3.87. The fraction of sp³-hybridized carbons (Fsp3) is 0.500. The Bertz CT molecular complexity index is 808. The topological polar surface area (TPSA) is 66.8 Å². The lowest BCUT2D eigenvalue weighted by atomic mass is 10.1. The average Bonchev–Trinajstić information content (AvgIpc) is 2.93. The van der Waals surface area contributed by atoms with Gasteiger partial charge in [-0.15, -0.1) is 0 Å². The van der Waals surface area contributed by atoms with E-state index in [1.165, 1.54) is 11.8 Å². The molecule has 24 heavy (non-hydrogen) atoms. The van der Waals surface area contributed by atoms with Crippen molar-refractivity contribution < 1.29 is 13.2 Å². The number of halogens is 1. The van der Waals surface area contributed by atoms with Gasteiger partial charge in [0.25, 0.3) is 0 Å². The molecule has 2 saturated heterocycles. The van der Waals surface area contributed by atoms with Crippen molar-refractivity contribution >= 4 is 50.0 Å². The van der Waals surface area contributed by atoms with Crippen LogP contribution in [0.1, 0.15) is 25.3 Å². The number of thioether (sulfide) groups is 1. The van der Waals surface area contributed by atoms with Crippen molar-refractivity contribution in [2.75, 3.05) is 16.4 Å². The summed E-state index contributed by atoms with van der Waals surface area (Å²) < 4.78 is 24.1. The summed E-state index contributed by atoms with van der Waals surface area (Å²) in [5.74, 6) is 0.0318. The second-order valence-electron chi connectivity index (χ2n) is 6.14. The van der Waals surface area contributed by atoms with E-state index >= 15 is 0 Å². The Labute approximate surface area is 151 Å². The molecule has 0 N–H and O–H groups in total. The molecule has 0 unspecified atom stereocenters. The number of aryl methyl sites for hydroxylation is 1. The number of aliphatic imine (C=N–C) groups is 1. The zero-order chi connectivity index (χ0) is 17.5. The Morgan fingerprint density at radius 3 is 2.88 bits per heavy atom. The molecule has 1 amide bonds. The molecular weight excluding hydrogens is 368 g/mol. The van der Waals surface area contributed by atoms with Crippen LogP contribution >= 0.6 is 23.4 Å². The minimum absolute atomic E-state index is 0.0810. The van der Waals surface area contributed by atoms with Crippen LogP contribution in [-0.4, -0.2) is 42.3 Å². The number of rotatable bonds is 3. The van der Waals surface area contributed by atoms with Crippen molar-refractivity contribution in [3.8, 4) is 0 Å². The van der Waals surface area contributed by atoms with E-state index in [0.29, 0.717) is 16.6 Å². The highest BCUT2D eigenvalue weighted by Crippen LogP contribution is 2.42. The lowest BCUT2D eigenvalue weighted by molar-refractivity contribution is -0.117. The van der Waals surface area contributed by atoms with Crippen molar-refractivity contribution in [1.29, 1.82) is 0 Å². The molecule has 0 radical (unpaired) electrons. The number of hydrogen-bond donors (Lipinski definition) is 0. The van der Waals surface area contributed by atoms with Crippen molar-refractivity contribution in [2.45, 2.75) is 38.0 Å². The summed E-state index contributed by atoms with van der Waals surface area (Å²) in [7, 11) is -3.07. The van der Waals surface area contributed by atoms with E-state index in [1.54, 1.807) is 6.07 Å². The molecule has 0 aromatic heterocycles. The molecule has 2 aliphatic rings. The molecule has 2 aliphatic heterocycles. The first kappa shape index (κ1) is 17.8. The molecule has 3 rings (SSSR count). The predicted molar refractivity (Wildman–Crippen MR) is 99.8 cm³/mol. The number of sulfone groups is 1. The first-order chi connectivity index (χ1) is 11.3. The molecule has 130 valence electrons. The highest BCUT2D eigenvalue weighted by atomic mass is 35.5. The minimum Gasteiger partial charge on any atom is -0.315 e. The maximum atomic E-state index is 12.0. The van der Waals surface area contributed by atoms with Gasteiger partial charge in [0.15, 0.2) is 15.0 Å². The third-order valence-corrected chi connectivity index (χ3v) is 7.63. The number of amides is 1. The quantitative estimate of drug-likeness (QED) is 0.798. The summed E-state index contributed by atoms with van der Waals surface area (Å²) in [5.41, 5.74) is 1.79. The minimum atomic E-state index is -3.07. The normalized spacial score (nSPS) is 26.8.